The number of benzene rings is 2. The first-order chi connectivity index (χ1) is 20.2. The molecule has 236 valence electrons. The number of fused-ring (bicyclic) bond motifs is 2. The molecule has 1 aliphatic heterocycles. The molecule has 2 aromatic heterocycles. The molecule has 0 saturated carbocycles. The van der Waals surface area contributed by atoms with Gasteiger partial charge in [-0.2, -0.15) is 0 Å². The van der Waals surface area contributed by atoms with Crippen LogP contribution >= 0.6 is 36.2 Å². The number of ether oxygens (including phenoxy) is 1. The minimum Gasteiger partial charge on any atom is -0.493 e. The van der Waals surface area contributed by atoms with E-state index in [2.05, 4.69) is 9.88 Å². The predicted molar refractivity (Wildman–Crippen MR) is 182 cm³/mol. The summed E-state index contributed by atoms with van der Waals surface area (Å²) in [7, 11) is 1.70. The molecule has 9 nitrogen and oxygen atoms in total. The summed E-state index contributed by atoms with van der Waals surface area (Å²) in [6.07, 6.45) is 4.43. The van der Waals surface area contributed by atoms with Gasteiger partial charge in [0.15, 0.2) is 0 Å². The minimum absolute atomic E-state index is 0. The highest BCUT2D eigenvalue weighted by molar-refractivity contribution is 7.09. The number of aromatic nitrogens is 2. The van der Waals surface area contributed by atoms with Crippen LogP contribution in [0.1, 0.15) is 32.2 Å². The third kappa shape index (κ3) is 7.26. The van der Waals surface area contributed by atoms with E-state index in [0.717, 1.165) is 28.7 Å². The summed E-state index contributed by atoms with van der Waals surface area (Å²) in [5.74, 6) is 0.191. The molecule has 3 heterocycles. The summed E-state index contributed by atoms with van der Waals surface area (Å²) in [6, 6.07) is 15.2. The monoisotopic (exact) mass is 659 g/mol. The Hall–Kier alpha value is -3.44. The zero-order valence-electron chi connectivity index (χ0n) is 25.4. The van der Waals surface area contributed by atoms with Gasteiger partial charge in [0, 0.05) is 62.5 Å². The van der Waals surface area contributed by atoms with Crippen molar-refractivity contribution in [1.29, 1.82) is 0 Å². The highest BCUT2D eigenvalue weighted by Gasteiger charge is 2.45. The predicted octanol–water partition coefficient (Wildman–Crippen LogP) is 5.63. The number of nitrogens with zero attached hydrogens (tertiary/aromatic N) is 5. The number of amides is 2. The van der Waals surface area contributed by atoms with Crippen LogP contribution in [0.2, 0.25) is 0 Å². The van der Waals surface area contributed by atoms with Crippen molar-refractivity contribution in [3.8, 4) is 5.75 Å². The summed E-state index contributed by atoms with van der Waals surface area (Å²) in [5, 5.41) is 4.67. The van der Waals surface area contributed by atoms with E-state index in [1.165, 1.54) is 0 Å². The molecular weight excluding hydrogens is 621 g/mol. The van der Waals surface area contributed by atoms with E-state index >= 15 is 0 Å². The molecule has 4 aromatic rings. The van der Waals surface area contributed by atoms with Gasteiger partial charge in [-0.1, -0.05) is 18.2 Å². The van der Waals surface area contributed by atoms with Crippen LogP contribution in [0.3, 0.4) is 0 Å². The number of pyridine rings is 1. The standard InChI is InChI=1S/C32H37N5O4S.2ClH/c1-5-37-26-12-11-24(21-27(26)34(4)30(39)32(2,3)31(37)40)41-19-8-15-35(22-28-33-14-20-42-28)17-18-36-16-13-23-9-6-7-10-25(23)29(36)38;;/h6-7,9-14,16,20-21H,5,8,15,17-19,22H2,1-4H3;2*1H. The first kappa shape index (κ1) is 35.0. The molecule has 5 rings (SSSR count). The van der Waals surface area contributed by atoms with Crippen LogP contribution in [0, 0.1) is 5.41 Å². The second-order valence-corrected chi connectivity index (χ2v) is 12.0. The van der Waals surface area contributed by atoms with Gasteiger partial charge < -0.3 is 19.1 Å². The number of hydrogen-bond donors (Lipinski definition) is 0. The average molecular weight is 661 g/mol. The third-order valence-corrected chi connectivity index (χ3v) is 8.57. The number of thiazole rings is 1. The van der Waals surface area contributed by atoms with Crippen LogP contribution in [0.5, 0.6) is 5.75 Å². The van der Waals surface area contributed by atoms with Crippen molar-refractivity contribution in [3.05, 3.63) is 81.7 Å². The molecule has 0 spiro atoms. The summed E-state index contributed by atoms with van der Waals surface area (Å²) < 4.78 is 7.89. The number of halogens is 2. The Labute approximate surface area is 274 Å². The number of anilines is 2. The van der Waals surface area contributed by atoms with Crippen molar-refractivity contribution >= 4 is 70.1 Å². The quantitative estimate of drug-likeness (QED) is 0.153. The fourth-order valence-electron chi connectivity index (χ4n) is 5.40. The Morgan fingerprint density at radius 2 is 1.75 bits per heavy atom. The molecule has 0 atom stereocenters. The number of carbonyl (C=O) groups excluding carboxylic acids is 2. The molecule has 12 heteroatoms. The van der Waals surface area contributed by atoms with Gasteiger partial charge in [0.25, 0.3) is 5.56 Å². The normalized spacial score (nSPS) is 14.2. The van der Waals surface area contributed by atoms with Gasteiger partial charge in [0.05, 0.1) is 24.5 Å². The third-order valence-electron chi connectivity index (χ3n) is 7.81. The van der Waals surface area contributed by atoms with Crippen molar-refractivity contribution in [2.75, 3.05) is 43.1 Å². The molecule has 0 unspecified atom stereocenters. The van der Waals surface area contributed by atoms with E-state index in [4.69, 9.17) is 4.74 Å². The Morgan fingerprint density at radius 1 is 0.977 bits per heavy atom. The van der Waals surface area contributed by atoms with Crippen LogP contribution in [-0.4, -0.2) is 59.6 Å². The second kappa shape index (κ2) is 15.0. The van der Waals surface area contributed by atoms with Crippen molar-refractivity contribution < 1.29 is 14.3 Å². The lowest BCUT2D eigenvalue weighted by Gasteiger charge is -2.27. The summed E-state index contributed by atoms with van der Waals surface area (Å²) in [6.45, 7) is 8.93. The van der Waals surface area contributed by atoms with Crippen LogP contribution in [-0.2, 0) is 22.7 Å². The highest BCUT2D eigenvalue weighted by atomic mass is 35.5. The van der Waals surface area contributed by atoms with Gasteiger partial charge in [0.1, 0.15) is 16.2 Å². The summed E-state index contributed by atoms with van der Waals surface area (Å²) in [5.41, 5.74) is 0.229. The molecule has 2 aromatic carbocycles. The lowest BCUT2D eigenvalue weighted by Crippen LogP contribution is -2.47. The maximum atomic E-state index is 13.1. The van der Waals surface area contributed by atoms with Crippen LogP contribution in [0.25, 0.3) is 10.8 Å². The lowest BCUT2D eigenvalue weighted by molar-refractivity contribution is -0.137. The van der Waals surface area contributed by atoms with Crippen molar-refractivity contribution in [3.63, 3.8) is 0 Å². The first-order valence-corrected chi connectivity index (χ1v) is 15.1. The minimum atomic E-state index is -1.15. The molecule has 0 radical (unpaired) electrons. The van der Waals surface area contributed by atoms with E-state index < -0.39 is 5.41 Å². The SMILES string of the molecule is CCN1C(=O)C(C)(C)C(=O)N(C)c2cc(OCCCN(CCn3ccc4ccccc4c3=O)Cc3nccs3)ccc21.Cl.Cl. The van der Waals surface area contributed by atoms with Crippen LogP contribution in [0.4, 0.5) is 11.4 Å². The summed E-state index contributed by atoms with van der Waals surface area (Å²) >= 11 is 1.62. The number of carbonyl (C=O) groups is 2. The first-order valence-electron chi connectivity index (χ1n) is 14.3. The molecule has 0 N–H and O–H groups in total. The van der Waals surface area contributed by atoms with E-state index in [0.29, 0.717) is 49.9 Å². The van der Waals surface area contributed by atoms with Gasteiger partial charge in [-0.3, -0.25) is 19.3 Å². The molecule has 0 bridgehead atoms. The average Bonchev–Trinajstić information content (AvgIpc) is 3.50. The Morgan fingerprint density at radius 3 is 2.48 bits per heavy atom. The number of hydrogen-bond acceptors (Lipinski definition) is 7. The second-order valence-electron chi connectivity index (χ2n) is 11.0. The van der Waals surface area contributed by atoms with E-state index in [1.54, 1.807) is 46.6 Å². The van der Waals surface area contributed by atoms with Gasteiger partial charge in [-0.15, -0.1) is 36.2 Å². The molecule has 44 heavy (non-hydrogen) atoms. The van der Waals surface area contributed by atoms with Crippen molar-refractivity contribution in [2.45, 2.75) is 40.3 Å². The molecular formula is C32H39Cl2N5O4S. The zero-order chi connectivity index (χ0) is 29.9. The van der Waals surface area contributed by atoms with Gasteiger partial charge in [-0.25, -0.2) is 4.98 Å². The molecule has 2 amide bonds. The number of rotatable bonds is 11. The van der Waals surface area contributed by atoms with Crippen molar-refractivity contribution in [2.24, 2.45) is 5.41 Å². The fourth-order valence-corrected chi connectivity index (χ4v) is 6.05. The highest BCUT2D eigenvalue weighted by Crippen LogP contribution is 2.40. The van der Waals surface area contributed by atoms with Crippen LogP contribution in [0.15, 0.2) is 71.1 Å². The Bertz CT molecular complexity index is 1640. The Kier molecular flexibility index (Phi) is 12.0. The fraction of sp³-hybridized carbons (Fsp3) is 0.375. The summed E-state index contributed by atoms with van der Waals surface area (Å²) in [4.78, 5) is 49.2. The van der Waals surface area contributed by atoms with Gasteiger partial charge in [0.2, 0.25) is 11.8 Å². The molecule has 1 aliphatic rings. The maximum absolute atomic E-state index is 13.1. The molecule has 0 aliphatic carbocycles. The van der Waals surface area contributed by atoms with Crippen molar-refractivity contribution in [1.82, 2.24) is 14.5 Å². The topological polar surface area (TPSA) is 88.0 Å². The molecule has 0 saturated heterocycles. The zero-order valence-corrected chi connectivity index (χ0v) is 27.8. The van der Waals surface area contributed by atoms with E-state index in [1.807, 2.05) is 73.2 Å². The van der Waals surface area contributed by atoms with E-state index in [9.17, 15) is 14.4 Å². The maximum Gasteiger partial charge on any atom is 0.258 e. The Balaban J connectivity index is 0.00000264. The van der Waals surface area contributed by atoms with Crippen LogP contribution < -0.4 is 20.1 Å². The molecule has 0 fully saturated rings. The van der Waals surface area contributed by atoms with Gasteiger partial charge >= 0.3 is 0 Å². The lowest BCUT2D eigenvalue weighted by atomic mass is 9.90. The van der Waals surface area contributed by atoms with Gasteiger partial charge in [-0.05, 0) is 56.8 Å². The largest absolute Gasteiger partial charge is 0.493 e. The van der Waals surface area contributed by atoms with E-state index in [-0.39, 0.29) is 42.2 Å². The smallest absolute Gasteiger partial charge is 0.258 e.